The summed E-state index contributed by atoms with van der Waals surface area (Å²) in [5.74, 6) is 0.631. The third-order valence-corrected chi connectivity index (χ3v) is 3.33. The van der Waals surface area contributed by atoms with Gasteiger partial charge in [-0.25, -0.2) is 0 Å². The molecule has 70 valence electrons. The Morgan fingerprint density at radius 2 is 2.25 bits per heavy atom. The number of Topliss-reactive ketones (excluding diaryl/α,β-unsaturated/α-hetero) is 1. The maximum Gasteiger partial charge on any atom is 0.138 e. The Morgan fingerprint density at radius 1 is 1.67 bits per heavy atom. The van der Waals surface area contributed by atoms with E-state index in [1.54, 1.807) is 0 Å². The summed E-state index contributed by atoms with van der Waals surface area (Å²) >= 11 is 0. The maximum absolute atomic E-state index is 11.6. The molecular formula is C10H18O2. The van der Waals surface area contributed by atoms with E-state index >= 15 is 0 Å². The number of hydrogen-bond acceptors (Lipinski definition) is 2. The molecule has 0 saturated heterocycles. The zero-order valence-electron chi connectivity index (χ0n) is 8.13. The highest BCUT2D eigenvalue weighted by Crippen LogP contribution is 2.44. The number of carbonyl (C=O) groups is 1. The van der Waals surface area contributed by atoms with Gasteiger partial charge in [0.25, 0.3) is 0 Å². The summed E-state index contributed by atoms with van der Waals surface area (Å²) in [5, 5.41) is 9.43. The molecule has 3 unspecified atom stereocenters. The minimum atomic E-state index is -0.263. The van der Waals surface area contributed by atoms with Crippen LogP contribution in [0.25, 0.3) is 0 Å². The molecule has 0 bridgehead atoms. The number of hydrogen-bond donors (Lipinski definition) is 1. The van der Waals surface area contributed by atoms with E-state index in [0.717, 1.165) is 6.42 Å². The SMILES string of the molecule is CCC(=O)C1(C)CC(O)CC1C. The Hall–Kier alpha value is -0.370. The number of rotatable bonds is 2. The number of ketones is 1. The molecule has 0 spiro atoms. The van der Waals surface area contributed by atoms with Gasteiger partial charge in [-0.2, -0.15) is 0 Å². The largest absolute Gasteiger partial charge is 0.393 e. The van der Waals surface area contributed by atoms with Crippen molar-refractivity contribution in [2.24, 2.45) is 11.3 Å². The van der Waals surface area contributed by atoms with Crippen LogP contribution in [0.2, 0.25) is 0 Å². The molecule has 3 atom stereocenters. The van der Waals surface area contributed by atoms with E-state index in [0.29, 0.717) is 24.5 Å². The molecule has 0 aromatic rings. The lowest BCUT2D eigenvalue weighted by Gasteiger charge is -2.26. The summed E-state index contributed by atoms with van der Waals surface area (Å²) in [7, 11) is 0. The van der Waals surface area contributed by atoms with E-state index in [1.165, 1.54) is 0 Å². The van der Waals surface area contributed by atoms with Gasteiger partial charge >= 0.3 is 0 Å². The molecule has 0 aromatic carbocycles. The average molecular weight is 170 g/mol. The molecule has 1 fully saturated rings. The Labute approximate surface area is 74.0 Å². The van der Waals surface area contributed by atoms with Gasteiger partial charge in [-0.1, -0.05) is 20.8 Å². The molecule has 2 heteroatoms. The van der Waals surface area contributed by atoms with Crippen LogP contribution in [0.5, 0.6) is 0 Å². The third kappa shape index (κ3) is 1.40. The molecule has 12 heavy (non-hydrogen) atoms. The predicted octanol–water partition coefficient (Wildman–Crippen LogP) is 1.76. The number of aliphatic hydroxyl groups is 1. The van der Waals surface area contributed by atoms with Crippen LogP contribution in [0.1, 0.15) is 40.0 Å². The maximum atomic E-state index is 11.6. The van der Waals surface area contributed by atoms with Crippen LogP contribution < -0.4 is 0 Å². The summed E-state index contributed by atoms with van der Waals surface area (Å²) in [6.07, 6.45) is 1.76. The molecule has 0 radical (unpaired) electrons. The van der Waals surface area contributed by atoms with Gasteiger partial charge in [-0.3, -0.25) is 4.79 Å². The van der Waals surface area contributed by atoms with Crippen LogP contribution in [0.4, 0.5) is 0 Å². The monoisotopic (exact) mass is 170 g/mol. The molecule has 1 saturated carbocycles. The lowest BCUT2D eigenvalue weighted by atomic mass is 9.76. The summed E-state index contributed by atoms with van der Waals surface area (Å²) in [6, 6.07) is 0. The molecule has 1 aliphatic carbocycles. The molecule has 1 N–H and O–H groups in total. The van der Waals surface area contributed by atoms with Gasteiger partial charge < -0.3 is 5.11 Å². The lowest BCUT2D eigenvalue weighted by Crippen LogP contribution is -2.30. The van der Waals surface area contributed by atoms with E-state index in [-0.39, 0.29) is 11.5 Å². The standard InChI is InChI=1S/C10H18O2/c1-4-9(12)10(3)6-8(11)5-7(10)2/h7-8,11H,4-6H2,1-3H3. The van der Waals surface area contributed by atoms with Crippen LogP contribution in [0.15, 0.2) is 0 Å². The summed E-state index contributed by atoms with van der Waals surface area (Å²) in [5.41, 5.74) is -0.256. The van der Waals surface area contributed by atoms with Gasteiger partial charge in [0.2, 0.25) is 0 Å². The van der Waals surface area contributed by atoms with Crippen molar-refractivity contribution < 1.29 is 9.90 Å². The molecule has 1 rings (SSSR count). The van der Waals surface area contributed by atoms with Gasteiger partial charge in [-0.15, -0.1) is 0 Å². The van der Waals surface area contributed by atoms with Gasteiger partial charge in [0.05, 0.1) is 6.10 Å². The first-order valence-electron chi connectivity index (χ1n) is 4.72. The van der Waals surface area contributed by atoms with Crippen LogP contribution in [0, 0.1) is 11.3 Å². The fourth-order valence-electron chi connectivity index (χ4n) is 2.23. The molecule has 0 amide bonds. The van der Waals surface area contributed by atoms with E-state index in [2.05, 4.69) is 6.92 Å². The second-order valence-electron chi connectivity index (χ2n) is 4.19. The molecule has 0 aromatic heterocycles. The van der Waals surface area contributed by atoms with Gasteiger partial charge in [-0.05, 0) is 18.8 Å². The molecule has 0 aliphatic heterocycles. The quantitative estimate of drug-likeness (QED) is 0.685. The van der Waals surface area contributed by atoms with Crippen LogP contribution in [-0.2, 0) is 4.79 Å². The number of carbonyl (C=O) groups excluding carboxylic acids is 1. The smallest absolute Gasteiger partial charge is 0.138 e. The Balaban J connectivity index is 2.77. The van der Waals surface area contributed by atoms with Crippen molar-refractivity contribution in [2.75, 3.05) is 0 Å². The number of aliphatic hydroxyl groups excluding tert-OH is 1. The van der Waals surface area contributed by atoms with E-state index in [4.69, 9.17) is 0 Å². The van der Waals surface area contributed by atoms with Crippen molar-refractivity contribution in [1.29, 1.82) is 0 Å². The minimum Gasteiger partial charge on any atom is -0.393 e. The van der Waals surface area contributed by atoms with Gasteiger partial charge in [0, 0.05) is 11.8 Å². The van der Waals surface area contributed by atoms with Gasteiger partial charge in [0.15, 0.2) is 0 Å². The van der Waals surface area contributed by atoms with Crippen molar-refractivity contribution in [2.45, 2.75) is 46.1 Å². The normalized spacial score (nSPS) is 41.7. The van der Waals surface area contributed by atoms with E-state index in [1.807, 2.05) is 13.8 Å². The third-order valence-electron chi connectivity index (χ3n) is 3.33. The topological polar surface area (TPSA) is 37.3 Å². The summed E-state index contributed by atoms with van der Waals surface area (Å²) < 4.78 is 0. The van der Waals surface area contributed by atoms with Crippen molar-refractivity contribution in [3.63, 3.8) is 0 Å². The second kappa shape index (κ2) is 3.17. The molecule has 2 nitrogen and oxygen atoms in total. The highest BCUT2D eigenvalue weighted by molar-refractivity contribution is 5.84. The highest BCUT2D eigenvalue weighted by Gasteiger charge is 2.44. The zero-order chi connectivity index (χ0) is 9.35. The molecule has 1 aliphatic rings. The minimum absolute atomic E-state index is 0.256. The Kier molecular flexibility index (Phi) is 2.57. The van der Waals surface area contributed by atoms with Crippen LogP contribution in [-0.4, -0.2) is 17.0 Å². The first kappa shape index (κ1) is 9.72. The first-order valence-corrected chi connectivity index (χ1v) is 4.72. The van der Waals surface area contributed by atoms with Gasteiger partial charge in [0.1, 0.15) is 5.78 Å². The predicted molar refractivity (Wildman–Crippen MR) is 47.8 cm³/mol. The lowest BCUT2D eigenvalue weighted by molar-refractivity contribution is -0.129. The van der Waals surface area contributed by atoms with Crippen LogP contribution >= 0.6 is 0 Å². The summed E-state index contributed by atoms with van der Waals surface area (Å²) in [4.78, 5) is 11.6. The molecule has 0 heterocycles. The van der Waals surface area contributed by atoms with Crippen molar-refractivity contribution in [3.8, 4) is 0 Å². The van der Waals surface area contributed by atoms with Crippen molar-refractivity contribution in [3.05, 3.63) is 0 Å². The average Bonchev–Trinajstić information content (AvgIpc) is 2.26. The van der Waals surface area contributed by atoms with Crippen LogP contribution in [0.3, 0.4) is 0 Å². The fraction of sp³-hybridized carbons (Fsp3) is 0.900. The molecular weight excluding hydrogens is 152 g/mol. The van der Waals surface area contributed by atoms with E-state index in [9.17, 15) is 9.90 Å². The summed E-state index contributed by atoms with van der Waals surface area (Å²) in [6.45, 7) is 5.94. The first-order chi connectivity index (χ1) is 5.50. The van der Waals surface area contributed by atoms with E-state index < -0.39 is 0 Å². The van der Waals surface area contributed by atoms with Crippen molar-refractivity contribution >= 4 is 5.78 Å². The second-order valence-corrected chi connectivity index (χ2v) is 4.19. The zero-order valence-corrected chi connectivity index (χ0v) is 8.13. The Bertz CT molecular complexity index is 188. The fourth-order valence-corrected chi connectivity index (χ4v) is 2.23. The highest BCUT2D eigenvalue weighted by atomic mass is 16.3. The Morgan fingerprint density at radius 3 is 2.58 bits per heavy atom. The van der Waals surface area contributed by atoms with Crippen molar-refractivity contribution in [1.82, 2.24) is 0 Å².